The third kappa shape index (κ3) is 3.35. The van der Waals surface area contributed by atoms with Crippen LogP contribution in [0.25, 0.3) is 0 Å². The Bertz CT molecular complexity index is 456. The van der Waals surface area contributed by atoms with E-state index in [2.05, 4.69) is 32.0 Å². The highest BCUT2D eigenvalue weighted by atomic mass is 16.2. The predicted octanol–water partition coefficient (Wildman–Crippen LogP) is 2.19. The summed E-state index contributed by atoms with van der Waals surface area (Å²) in [4.78, 5) is 14.2. The van der Waals surface area contributed by atoms with E-state index in [1.54, 1.807) is 0 Å². The molecule has 1 atom stereocenters. The molecule has 1 aliphatic heterocycles. The average molecular weight is 260 g/mol. The number of carbonyl (C=O) groups is 1. The summed E-state index contributed by atoms with van der Waals surface area (Å²) in [6, 6.07) is 6.71. The Morgan fingerprint density at radius 1 is 1.42 bits per heavy atom. The van der Waals surface area contributed by atoms with Gasteiger partial charge >= 0.3 is 0 Å². The Morgan fingerprint density at radius 2 is 2.21 bits per heavy atom. The van der Waals surface area contributed by atoms with Crippen molar-refractivity contribution >= 4 is 5.91 Å². The fourth-order valence-corrected chi connectivity index (χ4v) is 2.92. The molecule has 1 fully saturated rings. The minimum Gasteiger partial charge on any atom is -0.338 e. The second-order valence-electron chi connectivity index (χ2n) is 5.55. The number of hydrogen-bond acceptors (Lipinski definition) is 2. The van der Waals surface area contributed by atoms with Gasteiger partial charge in [0.05, 0.1) is 0 Å². The lowest BCUT2D eigenvalue weighted by Gasteiger charge is -2.23. The zero-order chi connectivity index (χ0) is 13.8. The van der Waals surface area contributed by atoms with E-state index >= 15 is 0 Å². The molecule has 104 valence electrons. The lowest BCUT2D eigenvalue weighted by molar-refractivity contribution is -0.131. The van der Waals surface area contributed by atoms with Crippen LogP contribution in [0.3, 0.4) is 0 Å². The molecule has 0 bridgehead atoms. The van der Waals surface area contributed by atoms with Crippen LogP contribution in [0.2, 0.25) is 0 Å². The molecule has 2 N–H and O–H groups in total. The van der Waals surface area contributed by atoms with Gasteiger partial charge < -0.3 is 10.6 Å². The maximum Gasteiger partial charge on any atom is 0.223 e. The van der Waals surface area contributed by atoms with Crippen molar-refractivity contribution in [2.75, 3.05) is 13.1 Å². The third-order valence-electron chi connectivity index (χ3n) is 4.08. The molecule has 0 aliphatic carbocycles. The molecule has 1 amide bonds. The van der Waals surface area contributed by atoms with Gasteiger partial charge in [0.25, 0.3) is 0 Å². The quantitative estimate of drug-likeness (QED) is 0.902. The summed E-state index contributed by atoms with van der Waals surface area (Å²) in [6.07, 6.45) is 3.59. The summed E-state index contributed by atoms with van der Waals surface area (Å²) in [5.74, 6) is 0.257. The highest BCUT2D eigenvalue weighted by Gasteiger charge is 2.26. The summed E-state index contributed by atoms with van der Waals surface area (Å²) in [5.41, 5.74) is 9.55. The van der Waals surface area contributed by atoms with Crippen LogP contribution >= 0.6 is 0 Å². The van der Waals surface area contributed by atoms with Crippen molar-refractivity contribution in [3.05, 3.63) is 34.9 Å². The first kappa shape index (κ1) is 14.1. The Morgan fingerprint density at radius 3 is 2.89 bits per heavy atom. The van der Waals surface area contributed by atoms with Gasteiger partial charge in [0.15, 0.2) is 0 Å². The number of rotatable bonds is 4. The first-order chi connectivity index (χ1) is 9.11. The summed E-state index contributed by atoms with van der Waals surface area (Å²) in [5, 5.41) is 0. The summed E-state index contributed by atoms with van der Waals surface area (Å²) in [6.45, 7) is 5.69. The lowest BCUT2D eigenvalue weighted by atomic mass is 10.0. The van der Waals surface area contributed by atoms with Crippen LogP contribution < -0.4 is 5.73 Å². The molecular formula is C16H24N2O. The zero-order valence-corrected chi connectivity index (χ0v) is 12.0. The summed E-state index contributed by atoms with van der Waals surface area (Å²) in [7, 11) is 0. The Labute approximate surface area is 115 Å². The molecule has 0 saturated carbocycles. The first-order valence-corrected chi connectivity index (χ1v) is 7.17. The molecule has 1 aromatic carbocycles. The number of likely N-dealkylation sites (tertiary alicyclic amines) is 1. The highest BCUT2D eigenvalue weighted by molar-refractivity contribution is 5.77. The Balaban J connectivity index is 1.93. The maximum atomic E-state index is 12.2. The lowest BCUT2D eigenvalue weighted by Crippen LogP contribution is -2.40. The normalized spacial score (nSPS) is 18.9. The fraction of sp³-hybridized carbons (Fsp3) is 0.562. The van der Waals surface area contributed by atoms with E-state index in [1.807, 2.05) is 4.90 Å². The van der Waals surface area contributed by atoms with E-state index in [1.165, 1.54) is 16.7 Å². The van der Waals surface area contributed by atoms with E-state index < -0.39 is 0 Å². The van der Waals surface area contributed by atoms with Gasteiger partial charge in [0, 0.05) is 25.6 Å². The minimum absolute atomic E-state index is 0.257. The summed E-state index contributed by atoms with van der Waals surface area (Å²) < 4.78 is 0. The van der Waals surface area contributed by atoms with Crippen molar-refractivity contribution in [2.24, 2.45) is 5.73 Å². The molecule has 1 saturated heterocycles. The molecule has 3 heteroatoms. The smallest absolute Gasteiger partial charge is 0.223 e. The SMILES string of the molecule is Cc1ccc(CCC(=O)N2CCCC2CN)c(C)c1. The fourth-order valence-electron chi connectivity index (χ4n) is 2.92. The van der Waals surface area contributed by atoms with E-state index in [-0.39, 0.29) is 11.9 Å². The largest absolute Gasteiger partial charge is 0.338 e. The highest BCUT2D eigenvalue weighted by Crippen LogP contribution is 2.19. The second-order valence-corrected chi connectivity index (χ2v) is 5.55. The Kier molecular flexibility index (Phi) is 4.59. The number of benzene rings is 1. The van der Waals surface area contributed by atoms with Crippen LogP contribution in [0, 0.1) is 13.8 Å². The average Bonchev–Trinajstić information content (AvgIpc) is 2.85. The van der Waals surface area contributed by atoms with Crippen LogP contribution in [0.5, 0.6) is 0 Å². The van der Waals surface area contributed by atoms with E-state index in [0.29, 0.717) is 13.0 Å². The molecule has 1 heterocycles. The van der Waals surface area contributed by atoms with Gasteiger partial charge in [-0.1, -0.05) is 23.8 Å². The number of nitrogens with two attached hydrogens (primary N) is 1. The van der Waals surface area contributed by atoms with Gasteiger partial charge in [0.2, 0.25) is 5.91 Å². The topological polar surface area (TPSA) is 46.3 Å². The predicted molar refractivity (Wildman–Crippen MR) is 78.0 cm³/mol. The molecule has 1 aliphatic rings. The molecule has 0 aromatic heterocycles. The zero-order valence-electron chi connectivity index (χ0n) is 12.0. The van der Waals surface area contributed by atoms with Crippen molar-refractivity contribution in [3.8, 4) is 0 Å². The van der Waals surface area contributed by atoms with Crippen molar-refractivity contribution in [1.29, 1.82) is 0 Å². The van der Waals surface area contributed by atoms with Crippen LogP contribution in [0.15, 0.2) is 18.2 Å². The van der Waals surface area contributed by atoms with Crippen LogP contribution in [0.1, 0.15) is 36.0 Å². The maximum absolute atomic E-state index is 12.2. The number of amides is 1. The molecule has 0 spiro atoms. The van der Waals surface area contributed by atoms with Crippen molar-refractivity contribution < 1.29 is 4.79 Å². The molecular weight excluding hydrogens is 236 g/mol. The molecule has 19 heavy (non-hydrogen) atoms. The molecule has 1 unspecified atom stereocenters. The number of aryl methyl sites for hydroxylation is 3. The number of nitrogens with zero attached hydrogens (tertiary/aromatic N) is 1. The van der Waals surface area contributed by atoms with Crippen LogP contribution in [-0.4, -0.2) is 29.9 Å². The number of hydrogen-bond donors (Lipinski definition) is 1. The van der Waals surface area contributed by atoms with Crippen molar-refractivity contribution in [1.82, 2.24) is 4.90 Å². The van der Waals surface area contributed by atoms with Gasteiger partial charge in [-0.2, -0.15) is 0 Å². The Hall–Kier alpha value is -1.35. The molecule has 1 aromatic rings. The molecule has 2 rings (SSSR count). The summed E-state index contributed by atoms with van der Waals surface area (Å²) >= 11 is 0. The number of carbonyl (C=O) groups excluding carboxylic acids is 1. The second kappa shape index (κ2) is 6.20. The van der Waals surface area contributed by atoms with E-state index in [9.17, 15) is 4.79 Å². The first-order valence-electron chi connectivity index (χ1n) is 7.17. The van der Waals surface area contributed by atoms with Crippen LogP contribution in [-0.2, 0) is 11.2 Å². The standard InChI is InChI=1S/C16H24N2O/c1-12-5-6-14(13(2)10-12)7-8-16(19)18-9-3-4-15(18)11-17/h5-6,10,15H,3-4,7-9,11,17H2,1-2H3. The third-order valence-corrected chi connectivity index (χ3v) is 4.08. The minimum atomic E-state index is 0.257. The van der Waals surface area contributed by atoms with Crippen molar-refractivity contribution in [2.45, 2.75) is 45.6 Å². The van der Waals surface area contributed by atoms with E-state index in [4.69, 9.17) is 5.73 Å². The van der Waals surface area contributed by atoms with Gasteiger partial charge in [-0.3, -0.25) is 4.79 Å². The van der Waals surface area contributed by atoms with Gasteiger partial charge in [-0.25, -0.2) is 0 Å². The van der Waals surface area contributed by atoms with Gasteiger partial charge in [-0.05, 0) is 44.2 Å². The van der Waals surface area contributed by atoms with Crippen molar-refractivity contribution in [3.63, 3.8) is 0 Å². The van der Waals surface area contributed by atoms with E-state index in [0.717, 1.165) is 25.8 Å². The molecule has 3 nitrogen and oxygen atoms in total. The van der Waals surface area contributed by atoms with Gasteiger partial charge in [-0.15, -0.1) is 0 Å². The monoisotopic (exact) mass is 260 g/mol. The molecule has 0 radical (unpaired) electrons. The van der Waals surface area contributed by atoms with Crippen LogP contribution in [0.4, 0.5) is 0 Å². The van der Waals surface area contributed by atoms with Gasteiger partial charge in [0.1, 0.15) is 0 Å².